The molecular formula is C20H22F2N4O2. The fourth-order valence-electron chi connectivity index (χ4n) is 3.52. The number of aromatic nitrogens is 1. The Kier molecular flexibility index (Phi) is 4.74. The van der Waals surface area contributed by atoms with Crippen molar-refractivity contribution in [2.24, 2.45) is 11.7 Å². The zero-order valence-electron chi connectivity index (χ0n) is 15.7. The number of aromatic hydroxyl groups is 1. The van der Waals surface area contributed by atoms with Gasteiger partial charge in [-0.3, -0.25) is 4.79 Å². The number of aryl methyl sites for hydroxylation is 1. The summed E-state index contributed by atoms with van der Waals surface area (Å²) in [5.41, 5.74) is 14.3. The normalized spacial score (nSPS) is 21.6. The molecule has 7 N–H and O–H groups in total. The number of hydrogen-bond donors (Lipinski definition) is 5. The Bertz CT molecular complexity index is 1020. The summed E-state index contributed by atoms with van der Waals surface area (Å²) in [5.74, 6) is -1.80. The Morgan fingerprint density at radius 3 is 2.39 bits per heavy atom. The third-order valence-corrected chi connectivity index (χ3v) is 5.15. The van der Waals surface area contributed by atoms with Crippen molar-refractivity contribution in [1.29, 1.82) is 5.41 Å². The van der Waals surface area contributed by atoms with Crippen LogP contribution in [0.3, 0.4) is 0 Å². The molecule has 0 saturated heterocycles. The number of phenolic OH excluding ortho intramolecular Hbond substituents is 1. The molecule has 1 aromatic carbocycles. The lowest BCUT2D eigenvalue weighted by Gasteiger charge is -2.11. The van der Waals surface area contributed by atoms with Gasteiger partial charge in [0, 0.05) is 16.8 Å². The van der Waals surface area contributed by atoms with E-state index in [9.17, 15) is 18.7 Å². The van der Waals surface area contributed by atoms with E-state index >= 15 is 0 Å². The van der Waals surface area contributed by atoms with Crippen LogP contribution in [0.15, 0.2) is 17.7 Å². The Morgan fingerprint density at radius 2 is 1.89 bits per heavy atom. The number of carbonyl (C=O) groups excluding carboxylic acids is 1. The molecule has 2 unspecified atom stereocenters. The summed E-state index contributed by atoms with van der Waals surface area (Å²) in [5, 5.41) is 17.9. The van der Waals surface area contributed by atoms with Gasteiger partial charge in [0.15, 0.2) is 0 Å². The van der Waals surface area contributed by atoms with Crippen LogP contribution in [0.25, 0.3) is 17.3 Å². The van der Waals surface area contributed by atoms with E-state index in [4.69, 9.17) is 16.9 Å². The molecule has 1 heterocycles. The molecule has 1 amide bonds. The van der Waals surface area contributed by atoms with Gasteiger partial charge in [0.2, 0.25) is 0 Å². The minimum atomic E-state index is -1.68. The first-order chi connectivity index (χ1) is 13.1. The molecule has 3 rings (SSSR count). The number of anilines is 1. The van der Waals surface area contributed by atoms with Gasteiger partial charge >= 0.3 is 0 Å². The van der Waals surface area contributed by atoms with Gasteiger partial charge in [-0.25, -0.2) is 8.78 Å². The van der Waals surface area contributed by atoms with Crippen molar-refractivity contribution in [3.63, 3.8) is 0 Å². The highest BCUT2D eigenvalue weighted by atomic mass is 19.2. The molecule has 28 heavy (non-hydrogen) atoms. The highest BCUT2D eigenvalue weighted by molar-refractivity contribution is 6.08. The summed E-state index contributed by atoms with van der Waals surface area (Å²) in [6, 6.07) is 3.26. The maximum Gasteiger partial charge on any atom is 0.252 e. The van der Waals surface area contributed by atoms with Crippen molar-refractivity contribution in [3.8, 4) is 17.0 Å². The van der Waals surface area contributed by atoms with E-state index in [0.717, 1.165) is 5.56 Å². The molecule has 2 aromatic rings. The predicted molar refractivity (Wildman–Crippen MR) is 105 cm³/mol. The number of amides is 1. The number of nitrogens with two attached hydrogens (primary N) is 2. The number of rotatable bonds is 5. The minimum absolute atomic E-state index is 0.0114. The minimum Gasteiger partial charge on any atom is -0.508 e. The summed E-state index contributed by atoms with van der Waals surface area (Å²) < 4.78 is 27.1. The van der Waals surface area contributed by atoms with Crippen LogP contribution in [0.1, 0.15) is 34.1 Å². The lowest BCUT2D eigenvalue weighted by molar-refractivity contribution is 0.100. The van der Waals surface area contributed by atoms with Crippen molar-refractivity contribution in [2.75, 3.05) is 5.73 Å². The molecule has 8 heteroatoms. The van der Waals surface area contributed by atoms with Crippen molar-refractivity contribution in [2.45, 2.75) is 33.1 Å². The van der Waals surface area contributed by atoms with Gasteiger partial charge in [-0.15, -0.1) is 0 Å². The number of aromatic amines is 1. The van der Waals surface area contributed by atoms with E-state index in [-0.39, 0.29) is 34.0 Å². The van der Waals surface area contributed by atoms with Gasteiger partial charge < -0.3 is 27.0 Å². The number of alkyl halides is 2. The summed E-state index contributed by atoms with van der Waals surface area (Å²) in [6.45, 7) is 4.95. The maximum absolute atomic E-state index is 13.6. The largest absolute Gasteiger partial charge is 0.508 e. The Labute approximate surface area is 160 Å². The molecule has 0 spiro atoms. The number of primary amides is 1. The number of nitrogens with one attached hydrogen (secondary N) is 2. The average molecular weight is 388 g/mol. The average Bonchev–Trinajstić information content (AvgIpc) is 3.05. The highest BCUT2D eigenvalue weighted by Gasteiger charge is 2.54. The van der Waals surface area contributed by atoms with E-state index in [0.29, 0.717) is 16.8 Å². The molecule has 1 aromatic heterocycles. The molecule has 1 saturated carbocycles. The first-order valence-electron chi connectivity index (χ1n) is 8.72. The summed E-state index contributed by atoms with van der Waals surface area (Å²) in [4.78, 5) is 15.0. The van der Waals surface area contributed by atoms with Gasteiger partial charge in [0.05, 0.1) is 28.6 Å². The lowest BCUT2D eigenvalue weighted by Crippen LogP contribution is -2.14. The van der Waals surface area contributed by atoms with Gasteiger partial charge in [-0.1, -0.05) is 6.07 Å². The van der Waals surface area contributed by atoms with Gasteiger partial charge in [0.25, 0.3) is 5.91 Å². The van der Waals surface area contributed by atoms with Crippen LogP contribution in [0.5, 0.6) is 5.75 Å². The number of phenols is 1. The number of benzene rings is 1. The van der Waals surface area contributed by atoms with Crippen LogP contribution in [-0.4, -0.2) is 34.1 Å². The second kappa shape index (κ2) is 6.78. The van der Waals surface area contributed by atoms with Crippen molar-refractivity contribution in [3.05, 3.63) is 40.1 Å². The van der Waals surface area contributed by atoms with Gasteiger partial charge in [-0.2, -0.15) is 0 Å². The maximum atomic E-state index is 13.6. The van der Waals surface area contributed by atoms with Crippen molar-refractivity contribution < 1.29 is 18.7 Å². The summed E-state index contributed by atoms with van der Waals surface area (Å²) in [7, 11) is 0. The first-order valence-corrected chi connectivity index (χ1v) is 8.72. The topological polar surface area (TPSA) is 129 Å². The van der Waals surface area contributed by atoms with Crippen molar-refractivity contribution in [1.82, 2.24) is 4.98 Å². The molecule has 1 aliphatic carbocycles. The Hall–Kier alpha value is -3.16. The first kappa shape index (κ1) is 19.6. The quantitative estimate of drug-likeness (QED) is 0.503. The zero-order chi connectivity index (χ0) is 20.9. The zero-order valence-corrected chi connectivity index (χ0v) is 15.7. The second-order valence-electron chi connectivity index (χ2n) is 7.11. The summed E-state index contributed by atoms with van der Waals surface area (Å²) in [6.07, 6.45) is -2.00. The Morgan fingerprint density at radius 1 is 1.29 bits per heavy atom. The van der Waals surface area contributed by atoms with Crippen LogP contribution in [-0.2, 0) is 0 Å². The molecule has 0 radical (unpaired) electrons. The number of H-pyrrole nitrogens is 1. The number of hydrogen-bond acceptors (Lipinski definition) is 4. The number of allylic oxidation sites excluding steroid dienone is 1. The van der Waals surface area contributed by atoms with E-state index < -0.39 is 24.2 Å². The van der Waals surface area contributed by atoms with E-state index in [1.807, 2.05) is 6.92 Å². The molecule has 1 aliphatic rings. The fourth-order valence-corrected chi connectivity index (χ4v) is 3.52. The molecule has 0 aliphatic heterocycles. The molecule has 1 fully saturated rings. The second-order valence-corrected chi connectivity index (χ2v) is 7.11. The van der Waals surface area contributed by atoms with Crippen LogP contribution >= 0.6 is 0 Å². The van der Waals surface area contributed by atoms with Crippen LogP contribution in [0.2, 0.25) is 0 Å². The number of halogens is 2. The molecular weight excluding hydrogens is 366 g/mol. The molecule has 148 valence electrons. The highest BCUT2D eigenvalue weighted by Crippen LogP contribution is 2.45. The monoisotopic (exact) mass is 388 g/mol. The number of nitrogen functional groups attached to an aromatic ring is 1. The third kappa shape index (κ3) is 3.04. The molecule has 6 nitrogen and oxygen atoms in total. The van der Waals surface area contributed by atoms with Crippen LogP contribution < -0.4 is 11.5 Å². The standard InChI is InChI=1S/C20H22F2N4O2/c1-7-4-5-12(27)8(2)13(7)19-18(24)15(20(25)28)11(26-19)6-10(9(3)23)14-16(21)17(14)22/h4-6,14,16-17,23,26-27H,24H2,1-3H3,(H2,25,28)/b10-6+,23-9?. The van der Waals surface area contributed by atoms with E-state index in [1.54, 1.807) is 19.1 Å². The van der Waals surface area contributed by atoms with Gasteiger partial charge in [-0.05, 0) is 44.1 Å². The lowest BCUT2D eigenvalue weighted by atomic mass is 9.97. The van der Waals surface area contributed by atoms with E-state index in [2.05, 4.69) is 4.98 Å². The SMILES string of the molecule is CC(=N)/C(=C\c1[nH]c(-c2c(C)ccc(O)c2C)c(N)c1C(N)=O)C1C(F)C1F. The van der Waals surface area contributed by atoms with Crippen LogP contribution in [0.4, 0.5) is 14.5 Å². The predicted octanol–water partition coefficient (Wildman–Crippen LogP) is 3.41. The van der Waals surface area contributed by atoms with E-state index in [1.165, 1.54) is 13.0 Å². The summed E-state index contributed by atoms with van der Waals surface area (Å²) >= 11 is 0. The third-order valence-electron chi connectivity index (χ3n) is 5.15. The van der Waals surface area contributed by atoms with Crippen molar-refractivity contribution >= 4 is 23.4 Å². The molecule has 2 atom stereocenters. The van der Waals surface area contributed by atoms with Crippen LogP contribution in [0, 0.1) is 25.2 Å². The fraction of sp³-hybridized carbons (Fsp3) is 0.300. The van der Waals surface area contributed by atoms with Gasteiger partial charge in [0.1, 0.15) is 18.1 Å². The Balaban J connectivity index is 2.24. The molecule has 0 bridgehead atoms. The smallest absolute Gasteiger partial charge is 0.252 e. The number of carbonyl (C=O) groups is 1.